The minimum atomic E-state index is -0.701. The molecule has 1 heterocycles. The normalized spacial score (nSPS) is 14.6. The molecule has 22 heavy (non-hydrogen) atoms. The van der Waals surface area contributed by atoms with Crippen LogP contribution in [-0.4, -0.2) is 11.9 Å². The van der Waals surface area contributed by atoms with Crippen molar-refractivity contribution in [1.82, 2.24) is 0 Å². The van der Waals surface area contributed by atoms with E-state index in [1.165, 1.54) is 0 Å². The Balaban J connectivity index is 2.53. The Labute approximate surface area is 129 Å². The number of unbranched alkanes of at least 4 members (excludes halogenated alkanes) is 2. The molecule has 1 aliphatic heterocycles. The SMILES string of the molecule is CCCCc1ccc2c(CCCC)c1C(=O)OOOOC2=O. The monoisotopic (exact) mass is 308 g/mol. The summed E-state index contributed by atoms with van der Waals surface area (Å²) in [6, 6.07) is 3.44. The minimum absolute atomic E-state index is 0.311. The van der Waals surface area contributed by atoms with E-state index in [0.717, 1.165) is 37.7 Å². The number of carbonyl (C=O) groups excluding carboxylic acids is 2. The largest absolute Gasteiger partial charge is 0.377 e. The number of hydrogen-bond acceptors (Lipinski definition) is 6. The zero-order chi connectivity index (χ0) is 15.9. The van der Waals surface area contributed by atoms with Crippen molar-refractivity contribution in [2.75, 3.05) is 0 Å². The van der Waals surface area contributed by atoms with Gasteiger partial charge in [0.15, 0.2) is 0 Å². The Morgan fingerprint density at radius 2 is 1.50 bits per heavy atom. The Morgan fingerprint density at radius 1 is 0.864 bits per heavy atom. The molecule has 2 rings (SSSR count). The fraction of sp³-hybridized carbons (Fsp3) is 0.500. The van der Waals surface area contributed by atoms with Gasteiger partial charge in [0.2, 0.25) is 0 Å². The van der Waals surface area contributed by atoms with Crippen LogP contribution in [0.25, 0.3) is 0 Å². The lowest BCUT2D eigenvalue weighted by molar-refractivity contribution is -0.595. The highest BCUT2D eigenvalue weighted by molar-refractivity contribution is 5.99. The molecule has 6 heteroatoms. The average Bonchev–Trinajstić information content (AvgIpc) is 2.56. The third kappa shape index (κ3) is 3.64. The molecule has 0 unspecified atom stereocenters. The first-order valence-electron chi connectivity index (χ1n) is 7.60. The van der Waals surface area contributed by atoms with E-state index in [-0.39, 0.29) is 0 Å². The Morgan fingerprint density at radius 3 is 2.18 bits per heavy atom. The van der Waals surface area contributed by atoms with Crippen LogP contribution in [0.15, 0.2) is 12.1 Å². The van der Waals surface area contributed by atoms with Gasteiger partial charge in [-0.15, -0.1) is 0 Å². The van der Waals surface area contributed by atoms with Crippen molar-refractivity contribution < 1.29 is 29.4 Å². The molecular formula is C16H20O6. The van der Waals surface area contributed by atoms with Crippen LogP contribution in [0.1, 0.15) is 71.4 Å². The van der Waals surface area contributed by atoms with E-state index in [1.807, 2.05) is 6.92 Å². The second-order valence-electron chi connectivity index (χ2n) is 5.21. The first-order chi connectivity index (χ1) is 10.7. The van der Waals surface area contributed by atoms with Crippen LogP contribution in [-0.2, 0) is 32.7 Å². The molecule has 2 bridgehead atoms. The molecule has 0 amide bonds. The molecule has 0 aromatic heterocycles. The van der Waals surface area contributed by atoms with Crippen LogP contribution in [0.4, 0.5) is 0 Å². The maximum Gasteiger partial charge on any atom is 0.377 e. The number of rotatable bonds is 6. The van der Waals surface area contributed by atoms with Gasteiger partial charge in [0.05, 0.1) is 11.1 Å². The molecule has 0 N–H and O–H groups in total. The van der Waals surface area contributed by atoms with E-state index in [4.69, 9.17) is 0 Å². The van der Waals surface area contributed by atoms with Gasteiger partial charge in [-0.1, -0.05) is 32.8 Å². The van der Waals surface area contributed by atoms with Crippen LogP contribution >= 0.6 is 0 Å². The summed E-state index contributed by atoms with van der Waals surface area (Å²) >= 11 is 0. The van der Waals surface area contributed by atoms with Gasteiger partial charge in [0.25, 0.3) is 0 Å². The minimum Gasteiger partial charge on any atom is -0.260 e. The lowest BCUT2D eigenvalue weighted by Crippen LogP contribution is -2.14. The molecule has 1 aromatic carbocycles. The summed E-state index contributed by atoms with van der Waals surface area (Å²) < 4.78 is 0. The van der Waals surface area contributed by atoms with E-state index in [9.17, 15) is 9.59 Å². The molecule has 6 nitrogen and oxygen atoms in total. The lowest BCUT2D eigenvalue weighted by Gasteiger charge is -2.14. The third-order valence-corrected chi connectivity index (χ3v) is 3.65. The zero-order valence-corrected chi connectivity index (χ0v) is 12.8. The Bertz CT molecular complexity index is 552. The fourth-order valence-corrected chi connectivity index (χ4v) is 2.51. The standard InChI is InChI=1S/C16H20O6/c1-3-5-7-11-9-10-13-12(8-6-4-2)14(11)16(18)20-22-21-19-15(13)17/h9-10H,3-8H2,1-2H3. The van der Waals surface area contributed by atoms with Crippen LogP contribution in [0.2, 0.25) is 0 Å². The maximum absolute atomic E-state index is 12.3. The summed E-state index contributed by atoms with van der Waals surface area (Å²) in [6.07, 6.45) is 5.05. The summed E-state index contributed by atoms with van der Waals surface area (Å²) in [5.41, 5.74) is 2.19. The molecule has 0 atom stereocenters. The molecule has 0 spiro atoms. The summed E-state index contributed by atoms with van der Waals surface area (Å²) in [5, 5.41) is 8.30. The van der Waals surface area contributed by atoms with Crippen molar-refractivity contribution in [2.24, 2.45) is 0 Å². The van der Waals surface area contributed by atoms with Gasteiger partial charge in [-0.3, -0.25) is 9.78 Å². The number of benzene rings is 1. The second-order valence-corrected chi connectivity index (χ2v) is 5.21. The van der Waals surface area contributed by atoms with E-state index in [0.29, 0.717) is 23.1 Å². The van der Waals surface area contributed by atoms with E-state index >= 15 is 0 Å². The highest BCUT2D eigenvalue weighted by atomic mass is 17.7. The number of hydrogen-bond donors (Lipinski definition) is 0. The predicted octanol–water partition coefficient (Wildman–Crippen LogP) is 3.48. The Kier molecular flexibility index (Phi) is 5.91. The average molecular weight is 308 g/mol. The first-order valence-corrected chi connectivity index (χ1v) is 7.60. The molecular weight excluding hydrogens is 288 g/mol. The molecule has 0 saturated heterocycles. The van der Waals surface area contributed by atoms with Crippen LogP contribution < -0.4 is 0 Å². The van der Waals surface area contributed by atoms with Gasteiger partial charge < -0.3 is 0 Å². The summed E-state index contributed by atoms with van der Waals surface area (Å²) in [5.74, 6) is -1.37. The van der Waals surface area contributed by atoms with Crippen molar-refractivity contribution in [2.45, 2.75) is 52.4 Å². The fourth-order valence-electron chi connectivity index (χ4n) is 2.51. The van der Waals surface area contributed by atoms with Crippen molar-refractivity contribution in [3.63, 3.8) is 0 Å². The molecule has 1 aliphatic rings. The van der Waals surface area contributed by atoms with Gasteiger partial charge in [-0.25, -0.2) is 9.59 Å². The zero-order valence-electron chi connectivity index (χ0n) is 12.8. The van der Waals surface area contributed by atoms with Gasteiger partial charge in [0.1, 0.15) is 0 Å². The summed E-state index contributed by atoms with van der Waals surface area (Å²) in [6.45, 7) is 4.12. The molecule has 0 fully saturated rings. The van der Waals surface area contributed by atoms with Gasteiger partial charge >= 0.3 is 11.9 Å². The van der Waals surface area contributed by atoms with E-state index in [1.54, 1.807) is 12.1 Å². The molecule has 1 aromatic rings. The van der Waals surface area contributed by atoms with Gasteiger partial charge in [-0.2, -0.15) is 0 Å². The summed E-state index contributed by atoms with van der Waals surface area (Å²) in [7, 11) is 0. The van der Waals surface area contributed by atoms with Gasteiger partial charge in [0, 0.05) is 10.1 Å². The van der Waals surface area contributed by atoms with Crippen molar-refractivity contribution >= 4 is 11.9 Å². The molecule has 0 aliphatic carbocycles. The topological polar surface area (TPSA) is 71.1 Å². The lowest BCUT2D eigenvalue weighted by atomic mass is 9.90. The molecule has 0 saturated carbocycles. The maximum atomic E-state index is 12.3. The Hall–Kier alpha value is -1.92. The number of fused-ring (bicyclic) bond motifs is 2. The van der Waals surface area contributed by atoms with Crippen molar-refractivity contribution in [1.29, 1.82) is 0 Å². The summed E-state index contributed by atoms with van der Waals surface area (Å²) in [4.78, 5) is 33.3. The first kappa shape index (κ1) is 16.5. The van der Waals surface area contributed by atoms with Gasteiger partial charge in [-0.05, 0) is 42.9 Å². The van der Waals surface area contributed by atoms with Crippen LogP contribution in [0, 0.1) is 0 Å². The van der Waals surface area contributed by atoms with Crippen molar-refractivity contribution in [3.8, 4) is 0 Å². The second kappa shape index (κ2) is 7.91. The van der Waals surface area contributed by atoms with E-state index in [2.05, 4.69) is 26.8 Å². The highest BCUT2D eigenvalue weighted by Crippen LogP contribution is 2.26. The van der Waals surface area contributed by atoms with E-state index < -0.39 is 11.9 Å². The van der Waals surface area contributed by atoms with Crippen LogP contribution in [0.5, 0.6) is 0 Å². The third-order valence-electron chi connectivity index (χ3n) is 3.65. The predicted molar refractivity (Wildman–Crippen MR) is 76.7 cm³/mol. The smallest absolute Gasteiger partial charge is 0.260 e. The molecule has 0 radical (unpaired) electrons. The number of carbonyl (C=O) groups is 2. The van der Waals surface area contributed by atoms with Crippen molar-refractivity contribution in [3.05, 3.63) is 34.4 Å². The molecule has 120 valence electrons. The number of aryl methyl sites for hydroxylation is 1. The highest BCUT2D eigenvalue weighted by Gasteiger charge is 2.27. The van der Waals surface area contributed by atoms with Crippen LogP contribution in [0.3, 0.4) is 0 Å². The quantitative estimate of drug-likeness (QED) is 0.749.